The van der Waals surface area contributed by atoms with Crippen molar-refractivity contribution in [2.75, 3.05) is 18.9 Å². The Morgan fingerprint density at radius 1 is 1.36 bits per heavy atom. The van der Waals surface area contributed by atoms with E-state index in [1.807, 2.05) is 31.2 Å². The van der Waals surface area contributed by atoms with Crippen molar-refractivity contribution in [3.63, 3.8) is 0 Å². The second kappa shape index (κ2) is 6.97. The van der Waals surface area contributed by atoms with Gasteiger partial charge in [-0.3, -0.25) is 4.79 Å². The molecule has 1 aromatic heterocycles. The maximum Gasteiger partial charge on any atom is 0.273 e. The number of nitrogens with two attached hydrogens (primary N) is 1. The van der Waals surface area contributed by atoms with Crippen LogP contribution in [0.2, 0.25) is 0 Å². The summed E-state index contributed by atoms with van der Waals surface area (Å²) in [7, 11) is 0. The van der Waals surface area contributed by atoms with Crippen LogP contribution in [0.5, 0.6) is 0 Å². The summed E-state index contributed by atoms with van der Waals surface area (Å²) in [6, 6.07) is 7.63. The molecule has 0 fully saturated rings. The number of hydrogen-bond donors (Lipinski definition) is 4. The number of rotatable bonds is 5. The first-order valence-electron chi connectivity index (χ1n) is 6.78. The van der Waals surface area contributed by atoms with Crippen molar-refractivity contribution >= 4 is 11.7 Å². The Bertz CT molecular complexity index is 658. The molecule has 0 radical (unpaired) electrons. The molecule has 5 N–H and O–H groups in total. The summed E-state index contributed by atoms with van der Waals surface area (Å²) in [4.78, 5) is 20.3. The zero-order chi connectivity index (χ0) is 16.1. The van der Waals surface area contributed by atoms with Crippen LogP contribution in [0.3, 0.4) is 0 Å². The van der Waals surface area contributed by atoms with Gasteiger partial charge in [0.25, 0.3) is 5.91 Å². The summed E-state index contributed by atoms with van der Waals surface area (Å²) in [5.74, 6) is -0.543. The number of aromatic nitrogens is 2. The predicted octanol–water partition coefficient (Wildman–Crippen LogP) is 0.117. The third-order valence-corrected chi connectivity index (χ3v) is 3.07. The zero-order valence-electron chi connectivity index (χ0n) is 12.2. The number of carbonyl (C=O) groups is 1. The normalized spacial score (nSPS) is 12.0. The van der Waals surface area contributed by atoms with Crippen LogP contribution in [0.4, 0.5) is 5.82 Å². The first-order chi connectivity index (χ1) is 10.5. The molecule has 1 aromatic carbocycles. The Morgan fingerprint density at radius 3 is 2.68 bits per heavy atom. The molecule has 0 bridgehead atoms. The number of nitrogen functional groups attached to an aromatic ring is 1. The third kappa shape index (κ3) is 3.78. The number of aliphatic hydroxyl groups is 2. The quantitative estimate of drug-likeness (QED) is 0.622. The molecule has 22 heavy (non-hydrogen) atoms. The lowest BCUT2D eigenvalue weighted by molar-refractivity contribution is 0.0799. The number of hydrogen-bond acceptors (Lipinski definition) is 6. The number of carbonyl (C=O) groups excluding carboxylic acids is 1. The minimum absolute atomic E-state index is 0.00634. The number of aliphatic hydroxyl groups excluding tert-OH is 2. The number of nitrogens with one attached hydrogen (secondary N) is 1. The lowest BCUT2D eigenvalue weighted by Gasteiger charge is -2.10. The summed E-state index contributed by atoms with van der Waals surface area (Å²) in [6.45, 7) is 1.44. The topological polar surface area (TPSA) is 121 Å². The van der Waals surface area contributed by atoms with Crippen molar-refractivity contribution in [2.45, 2.75) is 13.0 Å². The molecule has 1 heterocycles. The third-order valence-electron chi connectivity index (χ3n) is 3.07. The maximum absolute atomic E-state index is 12.0. The van der Waals surface area contributed by atoms with Gasteiger partial charge in [0.05, 0.1) is 24.6 Å². The Labute approximate surface area is 127 Å². The monoisotopic (exact) mass is 302 g/mol. The molecule has 7 nitrogen and oxygen atoms in total. The number of amides is 1. The van der Waals surface area contributed by atoms with E-state index < -0.39 is 18.6 Å². The molecule has 2 rings (SSSR count). The van der Waals surface area contributed by atoms with Crippen molar-refractivity contribution in [3.8, 4) is 11.3 Å². The van der Waals surface area contributed by atoms with Crippen molar-refractivity contribution < 1.29 is 15.0 Å². The predicted molar refractivity (Wildman–Crippen MR) is 82.0 cm³/mol. The lowest BCUT2D eigenvalue weighted by atomic mass is 10.1. The Hall–Kier alpha value is -2.51. The van der Waals surface area contributed by atoms with E-state index in [4.69, 9.17) is 10.8 Å². The van der Waals surface area contributed by atoms with Crippen molar-refractivity contribution in [2.24, 2.45) is 0 Å². The molecule has 1 amide bonds. The highest BCUT2D eigenvalue weighted by molar-refractivity contribution is 5.96. The van der Waals surface area contributed by atoms with Crippen LogP contribution in [0.25, 0.3) is 11.3 Å². The smallest absolute Gasteiger partial charge is 0.273 e. The van der Waals surface area contributed by atoms with Crippen LogP contribution in [-0.4, -0.2) is 45.3 Å². The summed E-state index contributed by atoms with van der Waals surface area (Å²) in [5, 5.41) is 20.4. The van der Waals surface area contributed by atoms with Crippen LogP contribution < -0.4 is 11.1 Å². The van der Waals surface area contributed by atoms with E-state index in [1.165, 1.54) is 6.20 Å². The number of aryl methyl sites for hydroxylation is 1. The highest BCUT2D eigenvalue weighted by atomic mass is 16.3. The summed E-state index contributed by atoms with van der Waals surface area (Å²) in [5.41, 5.74) is 8.14. The highest BCUT2D eigenvalue weighted by Crippen LogP contribution is 2.18. The maximum atomic E-state index is 12.0. The second-order valence-corrected chi connectivity index (χ2v) is 4.90. The first kappa shape index (κ1) is 15.9. The number of anilines is 1. The van der Waals surface area contributed by atoms with E-state index in [0.29, 0.717) is 5.69 Å². The van der Waals surface area contributed by atoms with E-state index in [1.54, 1.807) is 0 Å². The van der Waals surface area contributed by atoms with Gasteiger partial charge < -0.3 is 21.3 Å². The van der Waals surface area contributed by atoms with E-state index in [9.17, 15) is 9.90 Å². The summed E-state index contributed by atoms with van der Waals surface area (Å²) in [6.07, 6.45) is 0.470. The Kier molecular flexibility index (Phi) is 5.03. The van der Waals surface area contributed by atoms with Gasteiger partial charge in [-0.2, -0.15) is 0 Å². The van der Waals surface area contributed by atoms with Crippen LogP contribution in [0.1, 0.15) is 16.1 Å². The minimum Gasteiger partial charge on any atom is -0.394 e. The van der Waals surface area contributed by atoms with Crippen LogP contribution in [0, 0.1) is 6.92 Å². The molecule has 0 unspecified atom stereocenters. The van der Waals surface area contributed by atoms with E-state index in [2.05, 4.69) is 15.3 Å². The van der Waals surface area contributed by atoms with Crippen molar-refractivity contribution in [1.29, 1.82) is 0 Å². The van der Waals surface area contributed by atoms with Crippen molar-refractivity contribution in [3.05, 3.63) is 41.7 Å². The fourth-order valence-electron chi connectivity index (χ4n) is 1.79. The molecule has 0 spiro atoms. The molecule has 0 aliphatic rings. The van der Waals surface area contributed by atoms with E-state index >= 15 is 0 Å². The van der Waals surface area contributed by atoms with Gasteiger partial charge in [0.1, 0.15) is 0 Å². The minimum atomic E-state index is -1.03. The van der Waals surface area contributed by atoms with Gasteiger partial charge in [0, 0.05) is 12.1 Å². The van der Waals surface area contributed by atoms with E-state index in [0.717, 1.165) is 11.1 Å². The molecule has 0 aliphatic heterocycles. The van der Waals surface area contributed by atoms with Gasteiger partial charge in [-0.25, -0.2) is 9.97 Å². The molecule has 1 atom stereocenters. The van der Waals surface area contributed by atoms with Gasteiger partial charge in [-0.05, 0) is 6.92 Å². The lowest BCUT2D eigenvalue weighted by Crippen LogP contribution is -2.34. The molecule has 0 aliphatic carbocycles. The van der Waals surface area contributed by atoms with E-state index in [-0.39, 0.29) is 18.1 Å². The SMILES string of the molecule is Cc1ccc(-c2cnc(N)c(C(=O)NC[C@@H](O)CO)n2)cc1. The van der Waals surface area contributed by atoms with Gasteiger partial charge >= 0.3 is 0 Å². The zero-order valence-corrected chi connectivity index (χ0v) is 12.2. The molecule has 7 heteroatoms. The molecular formula is C15H18N4O3. The number of nitrogens with zero attached hydrogens (tertiary/aromatic N) is 2. The molecular weight excluding hydrogens is 284 g/mol. The summed E-state index contributed by atoms with van der Waals surface area (Å²) >= 11 is 0. The molecule has 0 saturated carbocycles. The van der Waals surface area contributed by atoms with Crippen LogP contribution >= 0.6 is 0 Å². The number of benzene rings is 1. The standard InChI is InChI=1S/C15H18N4O3/c1-9-2-4-10(5-3-9)12-7-17-14(16)13(19-12)15(22)18-6-11(21)8-20/h2-5,7,11,20-21H,6,8H2,1H3,(H2,16,17)(H,18,22)/t11-/m1/s1. The van der Waals surface area contributed by atoms with Gasteiger partial charge in [-0.15, -0.1) is 0 Å². The molecule has 0 saturated heterocycles. The highest BCUT2D eigenvalue weighted by Gasteiger charge is 2.15. The largest absolute Gasteiger partial charge is 0.394 e. The van der Waals surface area contributed by atoms with Crippen LogP contribution in [0.15, 0.2) is 30.5 Å². The van der Waals surface area contributed by atoms with Gasteiger partial charge in [0.2, 0.25) is 0 Å². The molecule has 2 aromatic rings. The first-order valence-corrected chi connectivity index (χ1v) is 6.78. The van der Waals surface area contributed by atoms with Crippen LogP contribution in [-0.2, 0) is 0 Å². The fraction of sp³-hybridized carbons (Fsp3) is 0.267. The average molecular weight is 302 g/mol. The van der Waals surface area contributed by atoms with Crippen molar-refractivity contribution in [1.82, 2.24) is 15.3 Å². The summed E-state index contributed by atoms with van der Waals surface area (Å²) < 4.78 is 0. The van der Waals surface area contributed by atoms with Gasteiger partial charge in [-0.1, -0.05) is 29.8 Å². The average Bonchev–Trinajstić information content (AvgIpc) is 2.53. The fourth-order valence-corrected chi connectivity index (χ4v) is 1.79. The second-order valence-electron chi connectivity index (χ2n) is 4.90. The Morgan fingerprint density at radius 2 is 2.05 bits per heavy atom. The Balaban J connectivity index is 2.23. The van der Waals surface area contributed by atoms with Gasteiger partial charge in [0.15, 0.2) is 11.5 Å². The molecule has 116 valence electrons.